The number of amides is 3. The number of hydrogen-bond acceptors (Lipinski definition) is 6. The minimum atomic E-state index is -1.56. The molecule has 23 heavy (non-hydrogen) atoms. The van der Waals surface area contributed by atoms with Crippen LogP contribution < -0.4 is 5.73 Å². The Hall–Kier alpha value is -1.71. The molecule has 0 saturated heterocycles. The molecule has 3 N–H and O–H groups in total. The second kappa shape index (κ2) is 10.1. The summed E-state index contributed by atoms with van der Waals surface area (Å²) >= 11 is 0. The van der Waals surface area contributed by atoms with Gasteiger partial charge in [0, 0.05) is 7.05 Å². The fourth-order valence-electron chi connectivity index (χ4n) is 2.00. The summed E-state index contributed by atoms with van der Waals surface area (Å²) in [5.41, 5.74) is 5.93. The molecule has 1 aromatic carbocycles. The van der Waals surface area contributed by atoms with Gasteiger partial charge >= 0.3 is 6.03 Å². The molecule has 8 nitrogen and oxygen atoms in total. The van der Waals surface area contributed by atoms with Crippen LogP contribution in [0.2, 0.25) is 0 Å². The molecule has 0 aliphatic heterocycles. The molecule has 0 aliphatic carbocycles. The van der Waals surface area contributed by atoms with Crippen LogP contribution >= 0.6 is 12.4 Å². The van der Waals surface area contributed by atoms with Crippen LogP contribution in [-0.4, -0.2) is 60.6 Å². The molecular formula is C14H22ClN3O5. The van der Waals surface area contributed by atoms with Gasteiger partial charge < -0.3 is 15.7 Å². The van der Waals surface area contributed by atoms with Gasteiger partial charge in [-0.15, -0.1) is 17.5 Å². The van der Waals surface area contributed by atoms with E-state index in [0.29, 0.717) is 11.5 Å². The average Bonchev–Trinajstić information content (AvgIpc) is 2.52. The maximum absolute atomic E-state index is 12.1. The van der Waals surface area contributed by atoms with Gasteiger partial charge in [-0.05, 0) is 12.0 Å². The molecule has 2 atom stereocenters. The number of carbonyl (C=O) groups excluding carboxylic acids is 2. The molecule has 9 heteroatoms. The lowest BCUT2D eigenvalue weighted by Gasteiger charge is -2.30. The van der Waals surface area contributed by atoms with E-state index in [1.54, 1.807) is 7.05 Å². The van der Waals surface area contributed by atoms with Crippen LogP contribution in [0, 0.1) is 0 Å². The minimum Gasteiger partial charge on any atom is -0.381 e. The van der Waals surface area contributed by atoms with E-state index in [4.69, 9.17) is 10.6 Å². The highest BCUT2D eigenvalue weighted by Crippen LogP contribution is 2.14. The number of nitrogens with zero attached hydrogens (tertiary/aromatic N) is 2. The number of aliphatic hydroxyl groups is 1. The number of hydroxylamine groups is 4. The molecule has 0 fully saturated rings. The highest BCUT2D eigenvalue weighted by Gasteiger charge is 2.35. The average molecular weight is 348 g/mol. The number of hydrogen-bond donors (Lipinski definition) is 2. The Labute approximate surface area is 141 Å². The maximum Gasteiger partial charge on any atom is 0.346 e. The van der Waals surface area contributed by atoms with Gasteiger partial charge in [0.25, 0.3) is 5.91 Å². The lowest BCUT2D eigenvalue weighted by atomic mass is 10.0. The quantitative estimate of drug-likeness (QED) is 0.689. The zero-order chi connectivity index (χ0) is 16.7. The number of carbonyl (C=O) groups is 2. The van der Waals surface area contributed by atoms with Crippen molar-refractivity contribution in [2.24, 2.45) is 5.73 Å². The van der Waals surface area contributed by atoms with E-state index >= 15 is 0 Å². The van der Waals surface area contributed by atoms with Crippen molar-refractivity contribution in [3.8, 4) is 0 Å². The molecule has 0 spiro atoms. The Kier molecular flexibility index (Phi) is 9.38. The van der Waals surface area contributed by atoms with E-state index in [9.17, 15) is 14.7 Å². The number of nitrogens with two attached hydrogens (primary N) is 1. The van der Waals surface area contributed by atoms with Crippen molar-refractivity contribution in [1.82, 2.24) is 10.1 Å². The summed E-state index contributed by atoms with van der Waals surface area (Å²) in [4.78, 5) is 33.0. The van der Waals surface area contributed by atoms with Gasteiger partial charge in [-0.2, -0.15) is 5.06 Å². The summed E-state index contributed by atoms with van der Waals surface area (Å²) in [6.07, 6.45) is -1.23. The topological polar surface area (TPSA) is 105 Å². The number of imide groups is 1. The summed E-state index contributed by atoms with van der Waals surface area (Å²) < 4.78 is 0. The smallest absolute Gasteiger partial charge is 0.346 e. The summed E-state index contributed by atoms with van der Waals surface area (Å²) in [5, 5.41) is 11.9. The first-order chi connectivity index (χ1) is 10.4. The summed E-state index contributed by atoms with van der Waals surface area (Å²) in [5.74, 6) is -0.958. The van der Waals surface area contributed by atoms with Gasteiger partial charge in [0.05, 0.1) is 20.3 Å². The Morgan fingerprint density at radius 1 is 1.22 bits per heavy atom. The first-order valence-corrected chi connectivity index (χ1v) is 6.58. The van der Waals surface area contributed by atoms with Crippen LogP contribution in [0.5, 0.6) is 0 Å². The Bertz CT molecular complexity index is 502. The predicted molar refractivity (Wildman–Crippen MR) is 85.4 cm³/mol. The molecule has 1 aromatic rings. The highest BCUT2D eigenvalue weighted by atomic mass is 35.5. The van der Waals surface area contributed by atoms with E-state index in [-0.39, 0.29) is 12.4 Å². The van der Waals surface area contributed by atoms with Gasteiger partial charge in [-0.3, -0.25) is 9.63 Å². The molecule has 0 radical (unpaired) electrons. The van der Waals surface area contributed by atoms with Gasteiger partial charge in [-0.1, -0.05) is 30.3 Å². The van der Waals surface area contributed by atoms with Crippen molar-refractivity contribution in [3.05, 3.63) is 35.9 Å². The number of halogens is 1. The summed E-state index contributed by atoms with van der Waals surface area (Å²) in [6, 6.07) is 7.43. The number of urea groups is 1. The summed E-state index contributed by atoms with van der Waals surface area (Å²) in [7, 11) is 4.10. The third kappa shape index (κ3) is 5.77. The van der Waals surface area contributed by atoms with Crippen molar-refractivity contribution in [1.29, 1.82) is 0 Å². The fourth-order valence-corrected chi connectivity index (χ4v) is 2.00. The third-order valence-corrected chi connectivity index (χ3v) is 3.24. The molecule has 0 heterocycles. The van der Waals surface area contributed by atoms with Crippen LogP contribution in [0.25, 0.3) is 0 Å². The molecule has 3 amide bonds. The second-order valence-electron chi connectivity index (χ2n) is 4.58. The molecule has 0 aliphatic rings. The van der Waals surface area contributed by atoms with Crippen LogP contribution in [0.4, 0.5) is 4.79 Å². The first kappa shape index (κ1) is 21.3. The SMILES string of the molecule is CON(C(N)=O)C(=O)[C@H](O)[C@H](Cc1ccccc1)N(C)OC.Cl. The molecule has 0 aromatic heterocycles. The van der Waals surface area contributed by atoms with Crippen molar-refractivity contribution in [3.63, 3.8) is 0 Å². The largest absolute Gasteiger partial charge is 0.381 e. The first-order valence-electron chi connectivity index (χ1n) is 6.58. The molecule has 130 valence electrons. The zero-order valence-electron chi connectivity index (χ0n) is 13.2. The molecule has 1 rings (SSSR count). The van der Waals surface area contributed by atoms with Crippen LogP contribution in [0.1, 0.15) is 5.56 Å². The van der Waals surface area contributed by atoms with E-state index in [0.717, 1.165) is 12.7 Å². The second-order valence-corrected chi connectivity index (χ2v) is 4.58. The summed E-state index contributed by atoms with van der Waals surface area (Å²) in [6.45, 7) is 0. The number of rotatable bonds is 7. The molecule has 0 bridgehead atoms. The maximum atomic E-state index is 12.1. The number of benzene rings is 1. The molecule has 0 saturated carbocycles. The Morgan fingerprint density at radius 3 is 2.22 bits per heavy atom. The number of likely N-dealkylation sites (N-methyl/N-ethyl adjacent to an activating group) is 1. The van der Waals surface area contributed by atoms with Crippen molar-refractivity contribution in [2.45, 2.75) is 18.6 Å². The molecular weight excluding hydrogens is 326 g/mol. The van der Waals surface area contributed by atoms with Crippen molar-refractivity contribution >= 4 is 24.3 Å². The van der Waals surface area contributed by atoms with E-state index < -0.39 is 24.1 Å². The van der Waals surface area contributed by atoms with Gasteiger partial charge in [-0.25, -0.2) is 4.79 Å². The number of primary amides is 1. The minimum absolute atomic E-state index is 0. The Balaban J connectivity index is 0.00000484. The molecule has 0 unspecified atom stereocenters. The fraction of sp³-hybridized carbons (Fsp3) is 0.429. The van der Waals surface area contributed by atoms with E-state index in [1.807, 2.05) is 30.3 Å². The standard InChI is InChI=1S/C14H21N3O5.ClH/c1-16(21-2)11(9-10-7-5-4-6-8-10)12(18)13(19)17(22-3)14(15)20;/h4-8,11-12,18H,9H2,1-3H3,(H2,15,20);1H/t11-,12+;/m0./s1. The van der Waals surface area contributed by atoms with Crippen LogP contribution in [0.15, 0.2) is 30.3 Å². The number of aliphatic hydroxyl groups excluding tert-OH is 1. The van der Waals surface area contributed by atoms with E-state index in [1.165, 1.54) is 12.2 Å². The van der Waals surface area contributed by atoms with Crippen molar-refractivity contribution < 1.29 is 24.4 Å². The van der Waals surface area contributed by atoms with Gasteiger partial charge in [0.1, 0.15) is 0 Å². The lowest BCUT2D eigenvalue weighted by molar-refractivity contribution is -0.192. The van der Waals surface area contributed by atoms with E-state index in [2.05, 4.69) is 4.84 Å². The highest BCUT2D eigenvalue weighted by molar-refractivity contribution is 5.94. The lowest BCUT2D eigenvalue weighted by Crippen LogP contribution is -2.53. The van der Waals surface area contributed by atoms with Crippen LogP contribution in [0.3, 0.4) is 0 Å². The predicted octanol–water partition coefficient (Wildman–Crippen LogP) is 0.342. The zero-order valence-corrected chi connectivity index (χ0v) is 14.0. The third-order valence-electron chi connectivity index (χ3n) is 3.24. The van der Waals surface area contributed by atoms with Gasteiger partial charge in [0.2, 0.25) is 0 Å². The normalized spacial score (nSPS) is 13.1. The van der Waals surface area contributed by atoms with Crippen molar-refractivity contribution in [2.75, 3.05) is 21.3 Å². The van der Waals surface area contributed by atoms with Gasteiger partial charge in [0.15, 0.2) is 6.10 Å². The monoisotopic (exact) mass is 347 g/mol. The van der Waals surface area contributed by atoms with Crippen LogP contribution in [-0.2, 0) is 20.9 Å². The Morgan fingerprint density at radius 2 is 1.78 bits per heavy atom.